The summed E-state index contributed by atoms with van der Waals surface area (Å²) in [6.07, 6.45) is 1.78. The summed E-state index contributed by atoms with van der Waals surface area (Å²) in [5, 5.41) is 2.04. The molecule has 17 heavy (non-hydrogen) atoms. The Morgan fingerprint density at radius 1 is 1.47 bits per heavy atom. The number of nitrogens with zero attached hydrogens (tertiary/aromatic N) is 3. The number of hydrogen-bond donors (Lipinski definition) is 1. The average Bonchev–Trinajstić information content (AvgIpc) is 2.81. The Kier molecular flexibility index (Phi) is 4.09. The summed E-state index contributed by atoms with van der Waals surface area (Å²) in [5.41, 5.74) is 9.64. The lowest BCUT2D eigenvalue weighted by molar-refractivity contribution is 0.856. The van der Waals surface area contributed by atoms with Gasteiger partial charge in [-0.25, -0.2) is 9.97 Å². The summed E-state index contributed by atoms with van der Waals surface area (Å²) in [4.78, 5) is 10.7. The van der Waals surface area contributed by atoms with E-state index < -0.39 is 0 Å². The molecule has 4 nitrogen and oxygen atoms in total. The molecule has 0 amide bonds. The van der Waals surface area contributed by atoms with Crippen molar-refractivity contribution in [3.63, 3.8) is 0 Å². The molecular formula is C11H13BrN4S. The highest BCUT2D eigenvalue weighted by molar-refractivity contribution is 9.10. The first-order chi connectivity index (χ1) is 8.20. The summed E-state index contributed by atoms with van der Waals surface area (Å²) < 4.78 is 0.948. The second-order valence-corrected chi connectivity index (χ2v) is 5.31. The van der Waals surface area contributed by atoms with Crippen LogP contribution in [0, 0.1) is 0 Å². The van der Waals surface area contributed by atoms with Gasteiger partial charge in [0.2, 0.25) is 0 Å². The van der Waals surface area contributed by atoms with Gasteiger partial charge in [0.1, 0.15) is 5.82 Å². The fourth-order valence-corrected chi connectivity index (χ4v) is 2.53. The zero-order valence-corrected chi connectivity index (χ0v) is 11.8. The van der Waals surface area contributed by atoms with Gasteiger partial charge in [-0.15, -0.1) is 11.3 Å². The maximum Gasteiger partial charge on any atom is 0.133 e. The minimum atomic E-state index is 0.475. The Hall–Kier alpha value is -0.980. The molecule has 0 aliphatic rings. The Bertz CT molecular complexity index is 486. The Morgan fingerprint density at radius 2 is 2.29 bits per heavy atom. The Balaban J connectivity index is 2.21. The molecule has 0 aromatic carbocycles. The van der Waals surface area contributed by atoms with Crippen molar-refractivity contribution in [3.05, 3.63) is 38.9 Å². The average molecular weight is 313 g/mol. The molecule has 2 N–H and O–H groups in total. The minimum absolute atomic E-state index is 0.475. The van der Waals surface area contributed by atoms with Gasteiger partial charge in [-0.1, -0.05) is 0 Å². The third-order valence-corrected chi connectivity index (χ3v) is 3.44. The van der Waals surface area contributed by atoms with Gasteiger partial charge in [-0.2, -0.15) is 0 Å². The van der Waals surface area contributed by atoms with Gasteiger partial charge >= 0.3 is 0 Å². The molecule has 0 aliphatic heterocycles. The molecule has 0 saturated heterocycles. The molecule has 2 aromatic heterocycles. The van der Waals surface area contributed by atoms with E-state index in [1.165, 1.54) is 0 Å². The second-order valence-electron chi connectivity index (χ2n) is 3.68. The van der Waals surface area contributed by atoms with E-state index >= 15 is 0 Å². The van der Waals surface area contributed by atoms with E-state index in [1.807, 2.05) is 24.0 Å². The SMILES string of the molecule is CN(Cc1cscn1)c1ncc(Br)cc1CN. The van der Waals surface area contributed by atoms with Crippen LogP contribution in [0.2, 0.25) is 0 Å². The van der Waals surface area contributed by atoms with E-state index in [1.54, 1.807) is 17.5 Å². The number of thiazole rings is 1. The molecule has 2 aromatic rings. The standard InChI is InChI=1S/C11H13BrN4S/c1-16(5-10-6-17-7-15-10)11-8(3-13)2-9(12)4-14-11/h2,4,6-7H,3,5,13H2,1H3. The lowest BCUT2D eigenvalue weighted by Crippen LogP contribution is -2.20. The highest BCUT2D eigenvalue weighted by Gasteiger charge is 2.10. The second kappa shape index (κ2) is 5.57. The maximum atomic E-state index is 5.73. The van der Waals surface area contributed by atoms with Crippen LogP contribution in [0.3, 0.4) is 0 Å². The van der Waals surface area contributed by atoms with Gasteiger partial charge < -0.3 is 10.6 Å². The van der Waals surface area contributed by atoms with Crippen molar-refractivity contribution in [1.29, 1.82) is 0 Å². The molecule has 90 valence electrons. The number of pyridine rings is 1. The monoisotopic (exact) mass is 312 g/mol. The molecule has 0 fully saturated rings. The van der Waals surface area contributed by atoms with Crippen LogP contribution < -0.4 is 10.6 Å². The van der Waals surface area contributed by atoms with Crippen molar-refractivity contribution in [1.82, 2.24) is 9.97 Å². The van der Waals surface area contributed by atoms with Gasteiger partial charge in [-0.3, -0.25) is 0 Å². The first kappa shape index (κ1) is 12.5. The van der Waals surface area contributed by atoms with Crippen molar-refractivity contribution >= 4 is 33.1 Å². The molecule has 2 heterocycles. The number of halogens is 1. The van der Waals surface area contributed by atoms with Crippen LogP contribution >= 0.6 is 27.3 Å². The molecule has 0 spiro atoms. The maximum absolute atomic E-state index is 5.73. The van der Waals surface area contributed by atoms with Gasteiger partial charge in [0, 0.05) is 35.2 Å². The zero-order valence-electron chi connectivity index (χ0n) is 9.43. The molecule has 2 rings (SSSR count). The number of anilines is 1. The predicted octanol–water partition coefficient (Wildman–Crippen LogP) is 2.40. The van der Waals surface area contributed by atoms with Crippen LogP contribution in [0.15, 0.2) is 27.6 Å². The van der Waals surface area contributed by atoms with E-state index in [0.29, 0.717) is 6.54 Å². The van der Waals surface area contributed by atoms with E-state index in [0.717, 1.165) is 28.1 Å². The van der Waals surface area contributed by atoms with Crippen LogP contribution in [-0.2, 0) is 13.1 Å². The van der Waals surface area contributed by atoms with Gasteiger partial charge in [0.25, 0.3) is 0 Å². The zero-order chi connectivity index (χ0) is 12.3. The highest BCUT2D eigenvalue weighted by Crippen LogP contribution is 2.21. The summed E-state index contributed by atoms with van der Waals surface area (Å²) >= 11 is 5.00. The predicted molar refractivity (Wildman–Crippen MR) is 74.0 cm³/mol. The van der Waals surface area contributed by atoms with E-state index in [-0.39, 0.29) is 0 Å². The fraction of sp³-hybridized carbons (Fsp3) is 0.273. The van der Waals surface area contributed by atoms with Gasteiger partial charge in [0.05, 0.1) is 17.7 Å². The summed E-state index contributed by atoms with van der Waals surface area (Å²) in [7, 11) is 1.99. The fourth-order valence-electron chi connectivity index (χ4n) is 1.60. The number of aromatic nitrogens is 2. The molecule has 6 heteroatoms. The highest BCUT2D eigenvalue weighted by atomic mass is 79.9. The van der Waals surface area contributed by atoms with Crippen LogP contribution in [0.1, 0.15) is 11.3 Å². The molecule has 0 unspecified atom stereocenters. The van der Waals surface area contributed by atoms with Crippen LogP contribution in [-0.4, -0.2) is 17.0 Å². The third kappa shape index (κ3) is 3.02. The summed E-state index contributed by atoms with van der Waals surface area (Å²) in [6, 6.07) is 2.00. The lowest BCUT2D eigenvalue weighted by atomic mass is 10.2. The number of rotatable bonds is 4. The van der Waals surface area contributed by atoms with Crippen molar-refractivity contribution in [2.24, 2.45) is 5.73 Å². The van der Waals surface area contributed by atoms with Crippen molar-refractivity contribution in [2.45, 2.75) is 13.1 Å². The molecule has 0 bridgehead atoms. The van der Waals surface area contributed by atoms with Crippen molar-refractivity contribution in [3.8, 4) is 0 Å². The van der Waals surface area contributed by atoms with Crippen molar-refractivity contribution in [2.75, 3.05) is 11.9 Å². The smallest absolute Gasteiger partial charge is 0.133 e. The van der Waals surface area contributed by atoms with Crippen molar-refractivity contribution < 1.29 is 0 Å². The molecule has 0 aliphatic carbocycles. The topological polar surface area (TPSA) is 55.0 Å². The lowest BCUT2D eigenvalue weighted by Gasteiger charge is -2.19. The van der Waals surface area contributed by atoms with Crippen LogP contribution in [0.4, 0.5) is 5.82 Å². The van der Waals surface area contributed by atoms with E-state index in [9.17, 15) is 0 Å². The molecule has 0 saturated carbocycles. The molecule has 0 radical (unpaired) electrons. The third-order valence-electron chi connectivity index (χ3n) is 2.37. The summed E-state index contributed by atoms with van der Waals surface area (Å²) in [5.74, 6) is 0.906. The van der Waals surface area contributed by atoms with Crippen LogP contribution in [0.25, 0.3) is 0 Å². The quantitative estimate of drug-likeness (QED) is 0.942. The Morgan fingerprint density at radius 3 is 2.94 bits per heavy atom. The van der Waals surface area contributed by atoms with Crippen LogP contribution in [0.5, 0.6) is 0 Å². The normalized spacial score (nSPS) is 10.5. The first-order valence-electron chi connectivity index (χ1n) is 5.13. The largest absolute Gasteiger partial charge is 0.353 e. The molecule has 0 atom stereocenters. The minimum Gasteiger partial charge on any atom is -0.353 e. The first-order valence-corrected chi connectivity index (χ1v) is 6.87. The summed E-state index contributed by atoms with van der Waals surface area (Å²) in [6.45, 7) is 1.22. The molecular weight excluding hydrogens is 300 g/mol. The van der Waals surface area contributed by atoms with Gasteiger partial charge in [0.15, 0.2) is 0 Å². The van der Waals surface area contributed by atoms with Gasteiger partial charge in [-0.05, 0) is 22.0 Å². The van der Waals surface area contributed by atoms with E-state index in [4.69, 9.17) is 5.73 Å². The van der Waals surface area contributed by atoms with E-state index in [2.05, 4.69) is 30.8 Å². The number of nitrogens with two attached hydrogens (primary N) is 1. The Labute approximate surface area is 113 Å². The number of hydrogen-bond acceptors (Lipinski definition) is 5.